The van der Waals surface area contributed by atoms with Crippen molar-refractivity contribution in [2.75, 3.05) is 6.54 Å². The molecule has 1 aromatic carbocycles. The maximum atomic E-state index is 4.54. The molecule has 3 aromatic rings. The van der Waals surface area contributed by atoms with Crippen molar-refractivity contribution in [3.05, 3.63) is 54.1 Å². The van der Waals surface area contributed by atoms with E-state index in [1.54, 1.807) is 6.33 Å². The molecule has 0 unspecified atom stereocenters. The number of likely N-dealkylation sites (tertiary alicyclic amines) is 1. The molecule has 1 atom stereocenters. The lowest BCUT2D eigenvalue weighted by Crippen LogP contribution is -2.34. The number of nitrogens with zero attached hydrogens (tertiary/aromatic N) is 6. The highest BCUT2D eigenvalue weighted by molar-refractivity contribution is 5.32. The summed E-state index contributed by atoms with van der Waals surface area (Å²) in [5.41, 5.74) is 1.08. The van der Waals surface area contributed by atoms with Crippen molar-refractivity contribution < 1.29 is 0 Å². The summed E-state index contributed by atoms with van der Waals surface area (Å²) in [7, 11) is 0. The number of nitrogens with one attached hydrogen (secondary N) is 1. The van der Waals surface area contributed by atoms with Crippen LogP contribution in [0, 0.1) is 6.92 Å². The van der Waals surface area contributed by atoms with Gasteiger partial charge in [-0.2, -0.15) is 5.10 Å². The molecule has 4 rings (SSSR count). The Morgan fingerprint density at radius 2 is 2.08 bits per heavy atom. The maximum absolute atomic E-state index is 4.54. The Balaban J connectivity index is 1.59. The van der Waals surface area contributed by atoms with Gasteiger partial charge in [-0.3, -0.25) is 14.6 Å². The van der Waals surface area contributed by atoms with E-state index in [1.807, 2.05) is 25.1 Å². The number of hydrogen-bond donors (Lipinski definition) is 1. The number of H-pyrrole nitrogens is 1. The van der Waals surface area contributed by atoms with Crippen LogP contribution < -0.4 is 0 Å². The Bertz CT molecular complexity index is 792. The highest BCUT2D eigenvalue weighted by Gasteiger charge is 2.28. The lowest BCUT2D eigenvalue weighted by atomic mass is 10.0. The Morgan fingerprint density at radius 3 is 2.88 bits per heavy atom. The van der Waals surface area contributed by atoms with Crippen LogP contribution in [0.15, 0.2) is 36.7 Å². The number of rotatable bonds is 4. The molecule has 1 aliphatic heterocycles. The van der Waals surface area contributed by atoms with Gasteiger partial charge in [0.15, 0.2) is 11.6 Å². The van der Waals surface area contributed by atoms with Crippen molar-refractivity contribution in [3.63, 3.8) is 0 Å². The van der Waals surface area contributed by atoms with Crippen molar-refractivity contribution in [3.8, 4) is 5.69 Å². The van der Waals surface area contributed by atoms with Crippen LogP contribution >= 0.6 is 0 Å². The molecule has 1 N–H and O–H groups in total. The van der Waals surface area contributed by atoms with Crippen LogP contribution in [-0.2, 0) is 6.54 Å². The highest BCUT2D eigenvalue weighted by atomic mass is 15.3. The van der Waals surface area contributed by atoms with Crippen LogP contribution in [0.4, 0.5) is 0 Å². The monoisotopic (exact) mass is 323 g/mol. The van der Waals surface area contributed by atoms with Gasteiger partial charge in [0.1, 0.15) is 12.2 Å². The van der Waals surface area contributed by atoms with Crippen LogP contribution in [0.3, 0.4) is 0 Å². The van der Waals surface area contributed by atoms with E-state index in [0.717, 1.165) is 42.7 Å². The van der Waals surface area contributed by atoms with Gasteiger partial charge in [0.25, 0.3) is 0 Å². The summed E-state index contributed by atoms with van der Waals surface area (Å²) in [6.45, 7) is 3.71. The minimum atomic E-state index is 0.240. The maximum Gasteiger partial charge on any atom is 0.167 e. The van der Waals surface area contributed by atoms with Gasteiger partial charge >= 0.3 is 0 Å². The minimum absolute atomic E-state index is 0.240. The summed E-state index contributed by atoms with van der Waals surface area (Å²) >= 11 is 0. The Labute approximate surface area is 140 Å². The van der Waals surface area contributed by atoms with E-state index in [0.29, 0.717) is 0 Å². The molecular formula is C17H21N7. The van der Waals surface area contributed by atoms with Crippen molar-refractivity contribution >= 4 is 0 Å². The Kier molecular flexibility index (Phi) is 4.08. The van der Waals surface area contributed by atoms with Gasteiger partial charge in [0.05, 0.1) is 12.6 Å². The van der Waals surface area contributed by atoms with E-state index in [2.05, 4.69) is 47.0 Å². The van der Waals surface area contributed by atoms with E-state index in [4.69, 9.17) is 0 Å². The fourth-order valence-electron chi connectivity index (χ4n) is 3.33. The van der Waals surface area contributed by atoms with Gasteiger partial charge < -0.3 is 0 Å². The second-order valence-corrected chi connectivity index (χ2v) is 6.21. The quantitative estimate of drug-likeness (QED) is 0.798. The number of benzene rings is 1. The minimum Gasteiger partial charge on any atom is -0.286 e. The summed E-state index contributed by atoms with van der Waals surface area (Å²) in [5.74, 6) is 2.70. The van der Waals surface area contributed by atoms with Gasteiger partial charge in [0.2, 0.25) is 0 Å². The topological polar surface area (TPSA) is 75.5 Å². The third kappa shape index (κ3) is 2.94. The first-order valence-corrected chi connectivity index (χ1v) is 8.38. The molecule has 1 aliphatic rings. The van der Waals surface area contributed by atoms with E-state index in [9.17, 15) is 0 Å². The number of hydrogen-bond acceptors (Lipinski definition) is 5. The van der Waals surface area contributed by atoms with Gasteiger partial charge in [-0.25, -0.2) is 4.98 Å². The largest absolute Gasteiger partial charge is 0.286 e. The normalized spacial score (nSPS) is 18.8. The Hall–Kier alpha value is -2.54. The highest BCUT2D eigenvalue weighted by Crippen LogP contribution is 2.30. The zero-order valence-electron chi connectivity index (χ0n) is 13.8. The molecule has 24 heavy (non-hydrogen) atoms. The fourth-order valence-corrected chi connectivity index (χ4v) is 3.33. The fraction of sp³-hybridized carbons (Fsp3) is 0.412. The van der Waals surface area contributed by atoms with E-state index >= 15 is 0 Å². The smallest absolute Gasteiger partial charge is 0.167 e. The average molecular weight is 323 g/mol. The first kappa shape index (κ1) is 15.0. The van der Waals surface area contributed by atoms with Crippen LogP contribution in [0.25, 0.3) is 5.69 Å². The van der Waals surface area contributed by atoms with Gasteiger partial charge in [0, 0.05) is 5.69 Å². The second-order valence-electron chi connectivity index (χ2n) is 6.21. The number of aryl methyl sites for hydroxylation is 1. The zero-order chi connectivity index (χ0) is 16.4. The predicted molar refractivity (Wildman–Crippen MR) is 89.5 cm³/mol. The molecular weight excluding hydrogens is 302 g/mol. The summed E-state index contributed by atoms with van der Waals surface area (Å²) in [4.78, 5) is 6.96. The lowest BCUT2D eigenvalue weighted by molar-refractivity contribution is 0.130. The van der Waals surface area contributed by atoms with Crippen molar-refractivity contribution in [2.45, 2.75) is 38.8 Å². The lowest BCUT2D eigenvalue weighted by Gasteiger charge is -2.33. The summed E-state index contributed by atoms with van der Waals surface area (Å²) in [6.07, 6.45) is 5.26. The molecule has 2 aromatic heterocycles. The van der Waals surface area contributed by atoms with Gasteiger partial charge in [-0.1, -0.05) is 24.6 Å². The van der Waals surface area contributed by atoms with E-state index in [1.165, 1.54) is 12.8 Å². The zero-order valence-corrected chi connectivity index (χ0v) is 13.8. The Morgan fingerprint density at radius 1 is 1.21 bits per heavy atom. The average Bonchev–Trinajstić information content (AvgIpc) is 3.25. The van der Waals surface area contributed by atoms with Crippen LogP contribution in [0.1, 0.15) is 42.8 Å². The second kappa shape index (κ2) is 6.52. The molecule has 1 fully saturated rings. The van der Waals surface area contributed by atoms with E-state index in [-0.39, 0.29) is 6.04 Å². The molecule has 0 bridgehead atoms. The first-order chi connectivity index (χ1) is 11.8. The molecule has 0 radical (unpaired) electrons. The van der Waals surface area contributed by atoms with Crippen molar-refractivity contribution in [2.24, 2.45) is 0 Å². The summed E-state index contributed by atoms with van der Waals surface area (Å²) in [6, 6.07) is 10.4. The van der Waals surface area contributed by atoms with Gasteiger partial charge in [-0.05, 0) is 38.4 Å². The molecule has 124 valence electrons. The van der Waals surface area contributed by atoms with Crippen molar-refractivity contribution in [1.82, 2.24) is 34.8 Å². The first-order valence-electron chi connectivity index (χ1n) is 8.38. The molecule has 0 amide bonds. The van der Waals surface area contributed by atoms with Crippen LogP contribution in [0.5, 0.6) is 0 Å². The molecule has 0 saturated carbocycles. The van der Waals surface area contributed by atoms with Gasteiger partial charge in [-0.15, -0.1) is 10.2 Å². The van der Waals surface area contributed by atoms with Crippen LogP contribution in [-0.4, -0.2) is 41.4 Å². The predicted octanol–water partition coefficient (Wildman–Crippen LogP) is 2.42. The number of piperidine rings is 1. The third-order valence-corrected chi connectivity index (χ3v) is 4.52. The molecule has 0 spiro atoms. The number of aromatic nitrogens is 6. The SMILES string of the molecule is Cc1nc([C@@H]2CCCCN2Cc2nncn2-c2ccccc2)n[nH]1. The molecule has 0 aliphatic carbocycles. The number of aromatic amines is 1. The molecule has 3 heterocycles. The van der Waals surface area contributed by atoms with Crippen molar-refractivity contribution in [1.29, 1.82) is 0 Å². The van der Waals surface area contributed by atoms with Crippen LogP contribution in [0.2, 0.25) is 0 Å². The molecule has 7 nitrogen and oxygen atoms in total. The standard InChI is InChI=1S/C17H21N7/c1-13-19-17(22-20-13)15-9-5-6-10-23(15)11-16-21-18-12-24(16)14-7-3-2-4-8-14/h2-4,7-8,12,15H,5-6,9-11H2,1H3,(H,19,20,22)/t15-/m0/s1. The third-order valence-electron chi connectivity index (χ3n) is 4.52. The molecule has 7 heteroatoms. The molecule has 1 saturated heterocycles. The summed E-state index contributed by atoms with van der Waals surface area (Å²) < 4.78 is 2.05. The number of para-hydroxylation sites is 1. The van der Waals surface area contributed by atoms with E-state index < -0.39 is 0 Å². The summed E-state index contributed by atoms with van der Waals surface area (Å²) in [5, 5.41) is 15.8.